The first-order valence-electron chi connectivity index (χ1n) is 12.4. The lowest BCUT2D eigenvalue weighted by Gasteiger charge is -2.11. The van der Waals surface area contributed by atoms with E-state index in [1.165, 1.54) is 13.3 Å². The molecule has 11 nitrogen and oxygen atoms in total. The van der Waals surface area contributed by atoms with Crippen LogP contribution in [-0.4, -0.2) is 50.2 Å². The van der Waals surface area contributed by atoms with Gasteiger partial charge in [-0.3, -0.25) is 14.4 Å². The average Bonchev–Trinajstić information content (AvgIpc) is 2.94. The van der Waals surface area contributed by atoms with Crippen LogP contribution in [0.25, 0.3) is 0 Å². The number of carbonyl (C=O) groups is 4. The molecule has 12 heteroatoms. The third kappa shape index (κ3) is 9.66. The van der Waals surface area contributed by atoms with E-state index in [-0.39, 0.29) is 13.2 Å². The molecule has 3 rings (SSSR count). The zero-order valence-corrected chi connectivity index (χ0v) is 23.4. The maximum atomic E-state index is 12.3. The van der Waals surface area contributed by atoms with E-state index in [0.29, 0.717) is 39.0 Å². The van der Waals surface area contributed by atoms with E-state index >= 15 is 0 Å². The minimum Gasteiger partial charge on any atom is -0.493 e. The number of nitrogens with one attached hydrogen (secondary N) is 3. The minimum atomic E-state index is -0.606. The molecule has 41 heavy (non-hydrogen) atoms. The fourth-order valence-corrected chi connectivity index (χ4v) is 3.55. The Hall–Kier alpha value is -4.90. The summed E-state index contributed by atoms with van der Waals surface area (Å²) in [4.78, 5) is 48.2. The van der Waals surface area contributed by atoms with Gasteiger partial charge < -0.3 is 24.8 Å². The van der Waals surface area contributed by atoms with Crippen molar-refractivity contribution in [2.24, 2.45) is 5.10 Å². The second-order valence-corrected chi connectivity index (χ2v) is 8.93. The molecule has 0 heterocycles. The smallest absolute Gasteiger partial charge is 0.338 e. The number of hydrogen-bond acceptors (Lipinski definition) is 8. The van der Waals surface area contributed by atoms with Crippen molar-refractivity contribution in [3.63, 3.8) is 0 Å². The van der Waals surface area contributed by atoms with Crippen LogP contribution >= 0.6 is 11.6 Å². The molecule has 0 fully saturated rings. The van der Waals surface area contributed by atoms with Crippen molar-refractivity contribution >= 4 is 52.9 Å². The van der Waals surface area contributed by atoms with Crippen LogP contribution in [0, 0.1) is 6.92 Å². The SMILES string of the molecule is CCOC(=O)c1ccc(NC(=O)COc2ccc(C=NNC(=O)CC(=O)Nc3ccc(C)c(Cl)c3)cc2OC)cc1. The van der Waals surface area contributed by atoms with Crippen LogP contribution in [0.15, 0.2) is 65.8 Å². The summed E-state index contributed by atoms with van der Waals surface area (Å²) in [5.41, 5.74) is 5.08. The number of rotatable bonds is 12. The third-order valence-corrected chi connectivity index (χ3v) is 5.81. The molecule has 3 amide bonds. The van der Waals surface area contributed by atoms with Crippen molar-refractivity contribution in [1.82, 2.24) is 5.43 Å². The van der Waals surface area contributed by atoms with Crippen molar-refractivity contribution in [3.05, 3.63) is 82.4 Å². The number of anilines is 2. The number of aryl methyl sites for hydroxylation is 1. The van der Waals surface area contributed by atoms with Crippen LogP contribution in [-0.2, 0) is 19.1 Å². The van der Waals surface area contributed by atoms with Gasteiger partial charge in [-0.05, 0) is 79.6 Å². The van der Waals surface area contributed by atoms with Crippen LogP contribution < -0.4 is 25.5 Å². The van der Waals surface area contributed by atoms with Gasteiger partial charge in [0.25, 0.3) is 5.91 Å². The van der Waals surface area contributed by atoms with Gasteiger partial charge in [0, 0.05) is 16.4 Å². The molecule has 0 saturated heterocycles. The monoisotopic (exact) mass is 580 g/mol. The highest BCUT2D eigenvalue weighted by Gasteiger charge is 2.12. The maximum Gasteiger partial charge on any atom is 0.338 e. The molecule has 3 aromatic rings. The highest BCUT2D eigenvalue weighted by molar-refractivity contribution is 6.31. The van der Waals surface area contributed by atoms with E-state index in [9.17, 15) is 19.2 Å². The lowest BCUT2D eigenvalue weighted by atomic mass is 10.2. The molecule has 0 aromatic heterocycles. The highest BCUT2D eigenvalue weighted by atomic mass is 35.5. The van der Waals surface area contributed by atoms with Crippen LogP contribution in [0.5, 0.6) is 11.5 Å². The second-order valence-electron chi connectivity index (χ2n) is 8.53. The summed E-state index contributed by atoms with van der Waals surface area (Å²) in [6.45, 7) is 3.54. The summed E-state index contributed by atoms with van der Waals surface area (Å²) < 4.78 is 15.8. The van der Waals surface area contributed by atoms with E-state index in [0.717, 1.165) is 5.56 Å². The van der Waals surface area contributed by atoms with Gasteiger partial charge >= 0.3 is 5.97 Å². The first-order valence-corrected chi connectivity index (χ1v) is 12.8. The zero-order chi connectivity index (χ0) is 29.8. The lowest BCUT2D eigenvalue weighted by Crippen LogP contribution is -2.24. The summed E-state index contributed by atoms with van der Waals surface area (Å²) in [6, 6.07) is 16.2. The zero-order valence-electron chi connectivity index (χ0n) is 22.7. The first kappa shape index (κ1) is 30.6. The Morgan fingerprint density at radius 3 is 2.27 bits per heavy atom. The molecule has 214 valence electrons. The Balaban J connectivity index is 1.47. The molecule has 0 spiro atoms. The van der Waals surface area contributed by atoms with Crippen LogP contribution in [0.2, 0.25) is 5.02 Å². The van der Waals surface area contributed by atoms with Gasteiger partial charge in [-0.15, -0.1) is 0 Å². The van der Waals surface area contributed by atoms with Crippen molar-refractivity contribution in [2.45, 2.75) is 20.3 Å². The normalized spacial score (nSPS) is 10.5. The Kier molecular flexibility index (Phi) is 11.2. The largest absolute Gasteiger partial charge is 0.493 e. The summed E-state index contributed by atoms with van der Waals surface area (Å²) in [5, 5.41) is 9.65. The molecular formula is C29H29ClN4O7. The number of hydrazone groups is 1. The number of amides is 3. The minimum absolute atomic E-state index is 0.272. The van der Waals surface area contributed by atoms with E-state index < -0.39 is 30.1 Å². The van der Waals surface area contributed by atoms with Gasteiger partial charge in [0.1, 0.15) is 6.42 Å². The fraction of sp³-hybridized carbons (Fsp3) is 0.207. The predicted molar refractivity (Wildman–Crippen MR) is 155 cm³/mol. The number of esters is 1. The summed E-state index contributed by atoms with van der Waals surface area (Å²) >= 11 is 6.05. The quantitative estimate of drug-likeness (QED) is 0.125. The van der Waals surface area contributed by atoms with E-state index in [4.69, 9.17) is 25.8 Å². The topological polar surface area (TPSA) is 144 Å². The Labute approximate surface area is 241 Å². The molecule has 0 atom stereocenters. The summed E-state index contributed by atoms with van der Waals surface area (Å²) in [6.07, 6.45) is 0.936. The number of nitrogens with zero attached hydrogens (tertiary/aromatic N) is 1. The third-order valence-electron chi connectivity index (χ3n) is 5.41. The van der Waals surface area contributed by atoms with E-state index in [2.05, 4.69) is 21.2 Å². The molecule has 3 N–H and O–H groups in total. The number of carbonyl (C=O) groups excluding carboxylic acids is 4. The van der Waals surface area contributed by atoms with Gasteiger partial charge in [-0.25, -0.2) is 10.2 Å². The number of methoxy groups -OCH3 is 1. The number of hydrogen-bond donors (Lipinski definition) is 3. The van der Waals surface area contributed by atoms with E-state index in [1.807, 2.05) is 6.92 Å². The molecule has 0 bridgehead atoms. The molecular weight excluding hydrogens is 552 g/mol. The van der Waals surface area contributed by atoms with Gasteiger partial charge in [-0.2, -0.15) is 5.10 Å². The standard InChI is InChI=1S/C29H29ClN4O7/c1-4-40-29(38)20-7-10-21(11-8-20)32-28(37)17-41-24-12-6-19(13-25(24)39-3)16-31-34-27(36)15-26(35)33-22-9-5-18(2)23(30)14-22/h5-14,16H,4,15,17H2,1-3H3,(H,32,37)(H,33,35)(H,34,36). The predicted octanol–water partition coefficient (Wildman–Crippen LogP) is 4.33. The molecule has 0 aliphatic rings. The van der Waals surface area contributed by atoms with Gasteiger partial charge in [0.2, 0.25) is 11.8 Å². The molecule has 0 unspecified atom stereocenters. The molecule has 0 saturated carbocycles. The van der Waals surface area contributed by atoms with Crippen molar-refractivity contribution in [2.75, 3.05) is 31.0 Å². The van der Waals surface area contributed by atoms with Gasteiger partial charge in [0.05, 0.1) is 25.5 Å². The highest BCUT2D eigenvalue weighted by Crippen LogP contribution is 2.27. The van der Waals surface area contributed by atoms with E-state index in [1.54, 1.807) is 67.6 Å². The van der Waals surface area contributed by atoms with Crippen molar-refractivity contribution in [3.8, 4) is 11.5 Å². The molecule has 3 aromatic carbocycles. The molecule has 0 radical (unpaired) electrons. The summed E-state index contributed by atoms with van der Waals surface area (Å²) in [5.74, 6) is -1.33. The Bertz CT molecular complexity index is 1440. The lowest BCUT2D eigenvalue weighted by molar-refractivity contribution is -0.126. The first-order chi connectivity index (χ1) is 19.7. The Morgan fingerprint density at radius 2 is 1.59 bits per heavy atom. The number of benzene rings is 3. The Morgan fingerprint density at radius 1 is 0.878 bits per heavy atom. The van der Waals surface area contributed by atoms with Crippen LogP contribution in [0.4, 0.5) is 11.4 Å². The average molecular weight is 581 g/mol. The van der Waals surface area contributed by atoms with Crippen LogP contribution in [0.1, 0.15) is 34.8 Å². The molecule has 0 aliphatic carbocycles. The second kappa shape index (κ2) is 15.0. The van der Waals surface area contributed by atoms with Gasteiger partial charge in [-0.1, -0.05) is 17.7 Å². The van der Waals surface area contributed by atoms with Gasteiger partial charge in [0.15, 0.2) is 18.1 Å². The fourth-order valence-electron chi connectivity index (χ4n) is 3.37. The molecule has 0 aliphatic heterocycles. The number of ether oxygens (including phenoxy) is 3. The number of halogens is 1. The van der Waals surface area contributed by atoms with Crippen LogP contribution in [0.3, 0.4) is 0 Å². The summed E-state index contributed by atoms with van der Waals surface area (Å²) in [7, 11) is 1.44. The van der Waals surface area contributed by atoms with Crippen molar-refractivity contribution < 1.29 is 33.4 Å². The maximum absolute atomic E-state index is 12.3. The van der Waals surface area contributed by atoms with Crippen molar-refractivity contribution in [1.29, 1.82) is 0 Å².